The summed E-state index contributed by atoms with van der Waals surface area (Å²) in [6.45, 7) is 7.13. The minimum atomic E-state index is 0.552. The maximum absolute atomic E-state index is 5.56. The fourth-order valence-electron chi connectivity index (χ4n) is 2.10. The Labute approximate surface area is 96.0 Å². The molecule has 0 radical (unpaired) electrons. The molecule has 1 atom stereocenters. The van der Waals surface area contributed by atoms with Gasteiger partial charge in [-0.2, -0.15) is 0 Å². The fraction of sp³-hybridized carbons (Fsp3) is 0.818. The molecule has 1 saturated heterocycles. The number of hydrogen-bond donors (Lipinski definition) is 1. The van der Waals surface area contributed by atoms with Crippen molar-refractivity contribution >= 4 is 6.01 Å². The van der Waals surface area contributed by atoms with E-state index >= 15 is 0 Å². The number of aromatic nitrogens is 2. The van der Waals surface area contributed by atoms with Gasteiger partial charge in [0.05, 0.1) is 0 Å². The Hall–Kier alpha value is -1.10. The van der Waals surface area contributed by atoms with Crippen LogP contribution in [0.1, 0.15) is 26.2 Å². The lowest BCUT2D eigenvalue weighted by Gasteiger charge is -2.15. The number of hydrogen-bond acceptors (Lipinski definition) is 5. The van der Waals surface area contributed by atoms with E-state index in [1.54, 1.807) is 0 Å². The van der Waals surface area contributed by atoms with Crippen LogP contribution in [0.3, 0.4) is 0 Å². The van der Waals surface area contributed by atoms with Crippen LogP contribution in [0.2, 0.25) is 0 Å². The molecule has 0 amide bonds. The van der Waals surface area contributed by atoms with Crippen molar-refractivity contribution in [1.29, 1.82) is 0 Å². The normalized spacial score (nSPS) is 21.0. The van der Waals surface area contributed by atoms with Gasteiger partial charge in [-0.05, 0) is 18.3 Å². The highest BCUT2D eigenvalue weighted by Crippen LogP contribution is 2.27. The van der Waals surface area contributed by atoms with E-state index in [4.69, 9.17) is 10.2 Å². The Bertz CT molecular complexity index is 336. The van der Waals surface area contributed by atoms with Crippen molar-refractivity contribution in [2.45, 2.75) is 26.7 Å². The maximum atomic E-state index is 5.56. The molecule has 0 aliphatic carbocycles. The fourth-order valence-corrected chi connectivity index (χ4v) is 2.10. The van der Waals surface area contributed by atoms with E-state index in [2.05, 4.69) is 28.9 Å². The summed E-state index contributed by atoms with van der Waals surface area (Å²) in [4.78, 5) is 2.18. The van der Waals surface area contributed by atoms with Gasteiger partial charge in [-0.3, -0.25) is 0 Å². The first-order valence-corrected chi connectivity index (χ1v) is 5.98. The SMILES string of the molecule is CC(C)C1CCN(c2nnc(CCN)o2)C1. The van der Waals surface area contributed by atoms with Gasteiger partial charge in [0, 0.05) is 26.1 Å². The predicted molar refractivity (Wildman–Crippen MR) is 62.2 cm³/mol. The minimum absolute atomic E-state index is 0.552. The molecule has 90 valence electrons. The van der Waals surface area contributed by atoms with Crippen molar-refractivity contribution in [3.8, 4) is 0 Å². The zero-order valence-corrected chi connectivity index (χ0v) is 10.0. The van der Waals surface area contributed by atoms with Crippen LogP contribution >= 0.6 is 0 Å². The van der Waals surface area contributed by atoms with Gasteiger partial charge in [-0.15, -0.1) is 5.10 Å². The first-order chi connectivity index (χ1) is 7.70. The molecule has 2 rings (SSSR count). The lowest BCUT2D eigenvalue weighted by atomic mass is 9.95. The van der Waals surface area contributed by atoms with Crippen LogP contribution in [0, 0.1) is 11.8 Å². The molecular weight excluding hydrogens is 204 g/mol. The van der Waals surface area contributed by atoms with E-state index in [1.807, 2.05) is 0 Å². The van der Waals surface area contributed by atoms with Gasteiger partial charge in [0.25, 0.3) is 0 Å². The third kappa shape index (κ3) is 2.35. The molecule has 0 aromatic carbocycles. The Morgan fingerprint density at radius 2 is 2.31 bits per heavy atom. The lowest BCUT2D eigenvalue weighted by molar-refractivity contribution is 0.419. The molecule has 16 heavy (non-hydrogen) atoms. The zero-order valence-electron chi connectivity index (χ0n) is 10.0. The number of nitrogens with two attached hydrogens (primary N) is 1. The molecule has 1 aliphatic rings. The molecule has 5 nitrogen and oxygen atoms in total. The van der Waals surface area contributed by atoms with Gasteiger partial charge in [0.2, 0.25) is 5.89 Å². The third-order valence-electron chi connectivity index (χ3n) is 3.25. The van der Waals surface area contributed by atoms with Crippen LogP contribution in [-0.4, -0.2) is 29.8 Å². The molecule has 2 N–H and O–H groups in total. The first-order valence-electron chi connectivity index (χ1n) is 5.98. The standard InChI is InChI=1S/C11H20N4O/c1-8(2)9-4-6-15(7-9)11-14-13-10(16-11)3-5-12/h8-9H,3-7,12H2,1-2H3. The lowest BCUT2D eigenvalue weighted by Crippen LogP contribution is -2.21. The molecule has 0 saturated carbocycles. The maximum Gasteiger partial charge on any atom is 0.318 e. The summed E-state index contributed by atoms with van der Waals surface area (Å²) >= 11 is 0. The van der Waals surface area contributed by atoms with Gasteiger partial charge in [-0.25, -0.2) is 0 Å². The quantitative estimate of drug-likeness (QED) is 0.828. The number of nitrogens with zero attached hydrogens (tertiary/aromatic N) is 3. The van der Waals surface area contributed by atoms with Crippen LogP contribution in [0.25, 0.3) is 0 Å². The average Bonchev–Trinajstić information content (AvgIpc) is 2.84. The summed E-state index contributed by atoms with van der Waals surface area (Å²) in [6, 6.07) is 0.659. The van der Waals surface area contributed by atoms with Gasteiger partial charge in [-0.1, -0.05) is 18.9 Å². The Morgan fingerprint density at radius 1 is 1.50 bits per heavy atom. The smallest absolute Gasteiger partial charge is 0.318 e. The summed E-state index contributed by atoms with van der Waals surface area (Å²) < 4.78 is 5.56. The largest absolute Gasteiger partial charge is 0.408 e. The molecule has 1 unspecified atom stereocenters. The summed E-state index contributed by atoms with van der Waals surface area (Å²) in [7, 11) is 0. The summed E-state index contributed by atoms with van der Waals surface area (Å²) in [6.07, 6.45) is 1.88. The first kappa shape index (κ1) is 11.4. The Balaban J connectivity index is 1.97. The van der Waals surface area contributed by atoms with Crippen LogP contribution < -0.4 is 10.6 Å². The van der Waals surface area contributed by atoms with E-state index in [0.29, 0.717) is 24.9 Å². The number of anilines is 1. The second-order valence-electron chi connectivity index (χ2n) is 4.76. The average molecular weight is 224 g/mol. The molecule has 0 spiro atoms. The van der Waals surface area contributed by atoms with Crippen LogP contribution in [0.4, 0.5) is 6.01 Å². The van der Waals surface area contributed by atoms with Crippen molar-refractivity contribution in [2.75, 3.05) is 24.5 Å². The molecule has 0 bridgehead atoms. The van der Waals surface area contributed by atoms with Crippen LogP contribution in [0.5, 0.6) is 0 Å². The highest BCUT2D eigenvalue weighted by molar-refractivity contribution is 5.26. The van der Waals surface area contributed by atoms with Crippen molar-refractivity contribution in [1.82, 2.24) is 10.2 Å². The molecule has 1 fully saturated rings. The molecule has 1 aromatic rings. The molecule has 2 heterocycles. The van der Waals surface area contributed by atoms with Crippen molar-refractivity contribution in [2.24, 2.45) is 17.6 Å². The van der Waals surface area contributed by atoms with Crippen LogP contribution in [-0.2, 0) is 6.42 Å². The van der Waals surface area contributed by atoms with E-state index in [1.165, 1.54) is 6.42 Å². The van der Waals surface area contributed by atoms with Crippen molar-refractivity contribution in [3.05, 3.63) is 5.89 Å². The highest BCUT2D eigenvalue weighted by atomic mass is 16.4. The molecular formula is C11H20N4O. The van der Waals surface area contributed by atoms with E-state index in [9.17, 15) is 0 Å². The van der Waals surface area contributed by atoms with E-state index in [0.717, 1.165) is 24.9 Å². The van der Waals surface area contributed by atoms with Gasteiger partial charge in [0.1, 0.15) is 0 Å². The molecule has 1 aliphatic heterocycles. The number of rotatable bonds is 4. The monoisotopic (exact) mass is 224 g/mol. The van der Waals surface area contributed by atoms with Crippen molar-refractivity contribution in [3.63, 3.8) is 0 Å². The van der Waals surface area contributed by atoms with E-state index in [-0.39, 0.29) is 0 Å². The third-order valence-corrected chi connectivity index (χ3v) is 3.25. The predicted octanol–water partition coefficient (Wildman–Crippen LogP) is 1.05. The van der Waals surface area contributed by atoms with Gasteiger partial charge in [0.15, 0.2) is 0 Å². The second-order valence-corrected chi connectivity index (χ2v) is 4.76. The van der Waals surface area contributed by atoms with Crippen molar-refractivity contribution < 1.29 is 4.42 Å². The summed E-state index contributed by atoms with van der Waals surface area (Å²) in [5.74, 6) is 2.10. The Morgan fingerprint density at radius 3 is 2.94 bits per heavy atom. The van der Waals surface area contributed by atoms with Gasteiger partial charge < -0.3 is 15.1 Å². The highest BCUT2D eigenvalue weighted by Gasteiger charge is 2.27. The molecule has 1 aromatic heterocycles. The summed E-state index contributed by atoms with van der Waals surface area (Å²) in [5, 5.41) is 8.05. The Kier molecular flexibility index (Phi) is 3.43. The second kappa shape index (κ2) is 4.82. The topological polar surface area (TPSA) is 68.2 Å². The van der Waals surface area contributed by atoms with Crippen LogP contribution in [0.15, 0.2) is 4.42 Å². The minimum Gasteiger partial charge on any atom is -0.408 e. The van der Waals surface area contributed by atoms with Gasteiger partial charge >= 0.3 is 6.01 Å². The summed E-state index contributed by atoms with van der Waals surface area (Å²) in [5.41, 5.74) is 5.44. The zero-order chi connectivity index (χ0) is 11.5. The van der Waals surface area contributed by atoms with E-state index < -0.39 is 0 Å². The molecule has 5 heteroatoms.